The van der Waals surface area contributed by atoms with Crippen molar-refractivity contribution in [1.82, 2.24) is 19.9 Å². The number of pyridine rings is 1. The summed E-state index contributed by atoms with van der Waals surface area (Å²) in [6, 6.07) is 6.69. The fourth-order valence-electron chi connectivity index (χ4n) is 3.38. The van der Waals surface area contributed by atoms with Gasteiger partial charge in [-0.15, -0.1) is 10.2 Å². The maximum Gasteiger partial charge on any atom is 0.160 e. The average molecular weight is 254 g/mol. The van der Waals surface area contributed by atoms with Crippen LogP contribution < -0.4 is 5.32 Å². The van der Waals surface area contributed by atoms with E-state index in [1.165, 1.54) is 12.8 Å². The van der Waals surface area contributed by atoms with Gasteiger partial charge in [-0.25, -0.2) is 0 Å². The number of nitrogens with zero attached hydrogens (tertiary/aromatic N) is 3. The van der Waals surface area contributed by atoms with Crippen LogP contribution in [-0.4, -0.2) is 27.2 Å². The fourth-order valence-corrected chi connectivity index (χ4v) is 3.38. The van der Waals surface area contributed by atoms with E-state index in [-0.39, 0.29) is 0 Å². The molecule has 1 N–H and O–H groups in total. The topological polar surface area (TPSA) is 42.2 Å². The molecule has 2 aliphatic rings. The summed E-state index contributed by atoms with van der Waals surface area (Å²) in [5.41, 5.74) is 0.930. The average Bonchev–Trinajstić information content (AvgIpc) is 2.99. The number of rotatable bonds is 4. The zero-order valence-corrected chi connectivity index (χ0v) is 10.9. The third kappa shape index (κ3) is 1.87. The van der Waals surface area contributed by atoms with Crippen LogP contribution in [0.25, 0.3) is 5.65 Å². The van der Waals surface area contributed by atoms with Gasteiger partial charge in [0.25, 0.3) is 0 Å². The second kappa shape index (κ2) is 4.46. The van der Waals surface area contributed by atoms with E-state index in [0.717, 1.165) is 36.3 Å². The molecule has 4 nitrogen and oxygen atoms in total. The zero-order valence-electron chi connectivity index (χ0n) is 10.9. The van der Waals surface area contributed by atoms with Gasteiger partial charge in [-0.2, -0.15) is 0 Å². The number of allylic oxidation sites excluding steroid dienone is 1. The molecule has 0 saturated heterocycles. The van der Waals surface area contributed by atoms with Crippen molar-refractivity contribution in [3.8, 4) is 0 Å². The Morgan fingerprint density at radius 3 is 3.26 bits per heavy atom. The van der Waals surface area contributed by atoms with Crippen molar-refractivity contribution in [2.75, 3.05) is 6.54 Å². The molecule has 0 unspecified atom stereocenters. The van der Waals surface area contributed by atoms with E-state index >= 15 is 0 Å². The van der Waals surface area contributed by atoms with E-state index in [1.54, 1.807) is 0 Å². The van der Waals surface area contributed by atoms with Crippen LogP contribution >= 0.6 is 0 Å². The van der Waals surface area contributed by atoms with Gasteiger partial charge in [-0.05, 0) is 36.8 Å². The number of fused-ring (bicyclic) bond motifs is 2. The number of hydrogen-bond acceptors (Lipinski definition) is 3. The molecule has 4 rings (SSSR count). The predicted molar refractivity (Wildman–Crippen MR) is 73.8 cm³/mol. The highest BCUT2D eigenvalue weighted by Gasteiger charge is 2.40. The summed E-state index contributed by atoms with van der Waals surface area (Å²) in [4.78, 5) is 0. The molecule has 0 aliphatic heterocycles. The van der Waals surface area contributed by atoms with Crippen LogP contribution in [0.15, 0.2) is 36.5 Å². The van der Waals surface area contributed by atoms with Crippen LogP contribution in [0.4, 0.5) is 0 Å². The summed E-state index contributed by atoms with van der Waals surface area (Å²) >= 11 is 0. The van der Waals surface area contributed by atoms with Crippen molar-refractivity contribution in [1.29, 1.82) is 0 Å². The quantitative estimate of drug-likeness (QED) is 0.846. The van der Waals surface area contributed by atoms with Gasteiger partial charge in [0.05, 0.1) is 0 Å². The Hall–Kier alpha value is -1.68. The zero-order chi connectivity index (χ0) is 12.7. The first-order valence-corrected chi connectivity index (χ1v) is 7.10. The smallest absolute Gasteiger partial charge is 0.160 e. The number of hydrogen-bond donors (Lipinski definition) is 1. The van der Waals surface area contributed by atoms with Crippen molar-refractivity contribution >= 4 is 5.65 Å². The molecule has 0 amide bonds. The van der Waals surface area contributed by atoms with Crippen LogP contribution in [0, 0.1) is 11.8 Å². The molecule has 19 heavy (non-hydrogen) atoms. The lowest BCUT2D eigenvalue weighted by molar-refractivity contribution is 0.164. The summed E-state index contributed by atoms with van der Waals surface area (Å²) in [6.45, 7) is 0.984. The van der Waals surface area contributed by atoms with E-state index in [4.69, 9.17) is 0 Å². The summed E-state index contributed by atoms with van der Waals surface area (Å²) in [7, 11) is 0. The molecule has 0 bridgehead atoms. The molecule has 2 aromatic heterocycles. The molecule has 0 spiro atoms. The van der Waals surface area contributed by atoms with E-state index < -0.39 is 0 Å². The lowest BCUT2D eigenvalue weighted by atomic mass is 9.71. The minimum absolute atomic E-state index is 0.683. The molecule has 0 aromatic carbocycles. The standard InChI is InChI=1S/C15H18N4/c1-2-9-19-14(6-1)17-18-15(19)7-8-16-13-10-11-4-3-5-12(11)13/h1-3,5-6,9,11-13,16H,4,7-8,10H2/t11-,12+,13-/m0/s1. The van der Waals surface area contributed by atoms with Crippen molar-refractivity contribution in [2.45, 2.75) is 25.3 Å². The minimum Gasteiger partial charge on any atom is -0.313 e. The first-order valence-electron chi connectivity index (χ1n) is 7.10. The summed E-state index contributed by atoms with van der Waals surface area (Å²) < 4.78 is 2.07. The molecule has 98 valence electrons. The maximum absolute atomic E-state index is 4.26. The van der Waals surface area contributed by atoms with Gasteiger partial charge in [0.15, 0.2) is 5.65 Å². The Kier molecular flexibility index (Phi) is 2.62. The Morgan fingerprint density at radius 2 is 2.32 bits per heavy atom. The van der Waals surface area contributed by atoms with Gasteiger partial charge in [0.1, 0.15) is 5.82 Å². The van der Waals surface area contributed by atoms with Gasteiger partial charge in [-0.1, -0.05) is 18.2 Å². The van der Waals surface area contributed by atoms with E-state index in [9.17, 15) is 0 Å². The largest absolute Gasteiger partial charge is 0.313 e. The van der Waals surface area contributed by atoms with Crippen molar-refractivity contribution < 1.29 is 0 Å². The van der Waals surface area contributed by atoms with Crippen LogP contribution in [0.3, 0.4) is 0 Å². The van der Waals surface area contributed by atoms with E-state index in [1.807, 2.05) is 24.4 Å². The highest BCUT2D eigenvalue weighted by Crippen LogP contribution is 2.42. The third-order valence-electron chi connectivity index (χ3n) is 4.50. The molecule has 1 fully saturated rings. The molecule has 2 aliphatic carbocycles. The Bertz CT molecular complexity index is 615. The number of nitrogens with one attached hydrogen (secondary N) is 1. The molecular weight excluding hydrogens is 236 g/mol. The molecular formula is C15H18N4. The SMILES string of the molecule is C1=C[C@@H]2[C@@H](C1)C[C@@H]2NCCc1nnc2ccccn12. The van der Waals surface area contributed by atoms with E-state index in [0.29, 0.717) is 6.04 Å². The molecule has 4 heteroatoms. The van der Waals surface area contributed by atoms with Gasteiger partial charge >= 0.3 is 0 Å². The van der Waals surface area contributed by atoms with Crippen LogP contribution in [0.1, 0.15) is 18.7 Å². The van der Waals surface area contributed by atoms with Crippen LogP contribution in [0.2, 0.25) is 0 Å². The Balaban J connectivity index is 1.36. The van der Waals surface area contributed by atoms with E-state index in [2.05, 4.69) is 32.1 Å². The van der Waals surface area contributed by atoms with Crippen LogP contribution in [-0.2, 0) is 6.42 Å². The van der Waals surface area contributed by atoms with Crippen molar-refractivity contribution in [3.05, 3.63) is 42.4 Å². The van der Waals surface area contributed by atoms with Crippen molar-refractivity contribution in [2.24, 2.45) is 11.8 Å². The second-order valence-corrected chi connectivity index (χ2v) is 5.59. The van der Waals surface area contributed by atoms with Gasteiger partial charge in [0, 0.05) is 25.2 Å². The maximum atomic E-state index is 4.26. The third-order valence-corrected chi connectivity index (χ3v) is 4.50. The summed E-state index contributed by atoms with van der Waals surface area (Å²) in [6.07, 6.45) is 10.3. The number of aromatic nitrogens is 3. The lowest BCUT2D eigenvalue weighted by Gasteiger charge is -2.40. The minimum atomic E-state index is 0.683. The van der Waals surface area contributed by atoms with Crippen molar-refractivity contribution in [3.63, 3.8) is 0 Å². The summed E-state index contributed by atoms with van der Waals surface area (Å²) in [5, 5.41) is 12.1. The monoisotopic (exact) mass is 254 g/mol. The van der Waals surface area contributed by atoms with Gasteiger partial charge < -0.3 is 5.32 Å². The molecule has 1 saturated carbocycles. The first kappa shape index (κ1) is 11.2. The fraction of sp³-hybridized carbons (Fsp3) is 0.467. The Labute approximate surface area is 112 Å². The van der Waals surface area contributed by atoms with Gasteiger partial charge in [-0.3, -0.25) is 4.40 Å². The molecule has 2 aromatic rings. The van der Waals surface area contributed by atoms with Crippen LogP contribution in [0.5, 0.6) is 0 Å². The molecule has 3 atom stereocenters. The predicted octanol–water partition coefficient (Wildman–Crippen LogP) is 1.83. The Morgan fingerprint density at radius 1 is 1.32 bits per heavy atom. The lowest BCUT2D eigenvalue weighted by Crippen LogP contribution is -2.48. The second-order valence-electron chi connectivity index (χ2n) is 5.59. The first-order chi connectivity index (χ1) is 9.42. The summed E-state index contributed by atoms with van der Waals surface area (Å²) in [5.74, 6) is 2.75. The normalized spacial score (nSPS) is 28.5. The molecule has 2 heterocycles. The van der Waals surface area contributed by atoms with Gasteiger partial charge in [0.2, 0.25) is 0 Å². The molecule has 0 radical (unpaired) electrons. The highest BCUT2D eigenvalue weighted by molar-refractivity contribution is 5.37. The highest BCUT2D eigenvalue weighted by atomic mass is 15.2.